The van der Waals surface area contributed by atoms with Crippen LogP contribution in [0.15, 0.2) is 28.7 Å². The average Bonchev–Trinajstić information content (AvgIpc) is 2.46. The third kappa shape index (κ3) is 4.59. The molecule has 0 spiro atoms. The fourth-order valence-electron chi connectivity index (χ4n) is 2.31. The molecule has 0 saturated heterocycles. The van der Waals surface area contributed by atoms with E-state index in [9.17, 15) is 5.11 Å². The Kier molecular flexibility index (Phi) is 7.05. The molecule has 0 heterocycles. The highest BCUT2D eigenvalue weighted by molar-refractivity contribution is 9.10. The number of halogens is 1. The summed E-state index contributed by atoms with van der Waals surface area (Å²) in [5.74, 6) is 0. The van der Waals surface area contributed by atoms with E-state index in [0.717, 1.165) is 30.3 Å². The van der Waals surface area contributed by atoms with Gasteiger partial charge in [0.1, 0.15) is 0 Å². The number of aliphatic hydroxyl groups is 1. The predicted octanol–water partition coefficient (Wildman–Crippen LogP) is 4.29. The summed E-state index contributed by atoms with van der Waals surface area (Å²) in [7, 11) is 0. The standard InChI is InChI=1S/C16H26BrNO/c1-4-15(13-7-9-14(17)10-8-13)18-11-16(5-2,6-3)12-19/h7-10,15,18-19H,4-6,11-12H2,1-3H3. The lowest BCUT2D eigenvalue weighted by molar-refractivity contribution is 0.109. The molecule has 1 unspecified atom stereocenters. The fraction of sp³-hybridized carbons (Fsp3) is 0.625. The van der Waals surface area contributed by atoms with E-state index in [1.807, 2.05) is 0 Å². The zero-order chi connectivity index (χ0) is 14.3. The van der Waals surface area contributed by atoms with Gasteiger partial charge in [-0.2, -0.15) is 0 Å². The van der Waals surface area contributed by atoms with Gasteiger partial charge in [-0.15, -0.1) is 0 Å². The van der Waals surface area contributed by atoms with E-state index in [1.165, 1.54) is 5.56 Å². The lowest BCUT2D eigenvalue weighted by Crippen LogP contribution is -2.38. The van der Waals surface area contributed by atoms with E-state index < -0.39 is 0 Å². The van der Waals surface area contributed by atoms with Crippen molar-refractivity contribution in [3.63, 3.8) is 0 Å². The van der Waals surface area contributed by atoms with E-state index >= 15 is 0 Å². The van der Waals surface area contributed by atoms with Crippen molar-refractivity contribution in [2.24, 2.45) is 5.41 Å². The maximum absolute atomic E-state index is 9.62. The molecule has 0 aliphatic rings. The normalized spacial score (nSPS) is 13.5. The molecular weight excluding hydrogens is 302 g/mol. The zero-order valence-electron chi connectivity index (χ0n) is 12.2. The number of hydrogen-bond acceptors (Lipinski definition) is 2. The minimum absolute atomic E-state index is 0.0167. The second-order valence-electron chi connectivity index (χ2n) is 5.26. The summed E-state index contributed by atoms with van der Waals surface area (Å²) >= 11 is 3.47. The number of aliphatic hydroxyl groups excluding tert-OH is 1. The quantitative estimate of drug-likeness (QED) is 0.746. The molecule has 0 radical (unpaired) electrons. The second kappa shape index (κ2) is 8.03. The van der Waals surface area contributed by atoms with Gasteiger partial charge in [0, 0.05) is 29.1 Å². The minimum atomic E-state index is 0.0167. The summed E-state index contributed by atoms with van der Waals surface area (Å²) in [6.07, 6.45) is 3.06. The maximum Gasteiger partial charge on any atom is 0.0499 e. The van der Waals surface area contributed by atoms with Crippen molar-refractivity contribution < 1.29 is 5.11 Å². The zero-order valence-corrected chi connectivity index (χ0v) is 13.8. The van der Waals surface area contributed by atoms with Gasteiger partial charge in [0.15, 0.2) is 0 Å². The van der Waals surface area contributed by atoms with E-state index in [4.69, 9.17) is 0 Å². The molecule has 0 aliphatic heterocycles. The van der Waals surface area contributed by atoms with Gasteiger partial charge in [0.25, 0.3) is 0 Å². The van der Waals surface area contributed by atoms with Crippen LogP contribution in [0.3, 0.4) is 0 Å². The highest BCUT2D eigenvalue weighted by Gasteiger charge is 2.26. The molecule has 1 atom stereocenters. The van der Waals surface area contributed by atoms with Crippen molar-refractivity contribution in [2.75, 3.05) is 13.2 Å². The van der Waals surface area contributed by atoms with Crippen molar-refractivity contribution in [3.05, 3.63) is 34.3 Å². The largest absolute Gasteiger partial charge is 0.396 e. The Morgan fingerprint density at radius 3 is 2.16 bits per heavy atom. The van der Waals surface area contributed by atoms with Crippen molar-refractivity contribution in [2.45, 2.75) is 46.1 Å². The number of benzene rings is 1. The van der Waals surface area contributed by atoms with Crippen LogP contribution >= 0.6 is 15.9 Å². The van der Waals surface area contributed by atoms with Gasteiger partial charge in [-0.05, 0) is 37.0 Å². The number of nitrogens with one attached hydrogen (secondary N) is 1. The highest BCUT2D eigenvalue weighted by atomic mass is 79.9. The van der Waals surface area contributed by atoms with Crippen LogP contribution in [0.5, 0.6) is 0 Å². The molecule has 0 bridgehead atoms. The summed E-state index contributed by atoms with van der Waals surface area (Å²) in [6, 6.07) is 8.84. The van der Waals surface area contributed by atoms with Crippen LogP contribution in [0.2, 0.25) is 0 Å². The molecular formula is C16H26BrNO. The second-order valence-corrected chi connectivity index (χ2v) is 6.17. The lowest BCUT2D eigenvalue weighted by Gasteiger charge is -2.32. The van der Waals surface area contributed by atoms with Crippen LogP contribution in [-0.4, -0.2) is 18.3 Å². The molecule has 0 saturated carbocycles. The Balaban J connectivity index is 2.69. The van der Waals surface area contributed by atoms with Gasteiger partial charge >= 0.3 is 0 Å². The van der Waals surface area contributed by atoms with E-state index in [0.29, 0.717) is 6.04 Å². The highest BCUT2D eigenvalue weighted by Crippen LogP contribution is 2.27. The van der Waals surface area contributed by atoms with E-state index in [-0.39, 0.29) is 12.0 Å². The van der Waals surface area contributed by atoms with Gasteiger partial charge in [-0.1, -0.05) is 48.8 Å². The molecule has 3 heteroatoms. The monoisotopic (exact) mass is 327 g/mol. The molecule has 0 fully saturated rings. The Bertz CT molecular complexity index is 351. The molecule has 2 N–H and O–H groups in total. The van der Waals surface area contributed by atoms with Crippen LogP contribution in [-0.2, 0) is 0 Å². The number of hydrogen-bond donors (Lipinski definition) is 2. The van der Waals surface area contributed by atoms with Gasteiger partial charge in [0.05, 0.1) is 0 Å². The van der Waals surface area contributed by atoms with Crippen LogP contribution in [0, 0.1) is 5.41 Å². The molecule has 19 heavy (non-hydrogen) atoms. The topological polar surface area (TPSA) is 32.3 Å². The summed E-state index contributed by atoms with van der Waals surface area (Å²) in [6.45, 7) is 7.62. The Morgan fingerprint density at radius 1 is 1.16 bits per heavy atom. The first-order chi connectivity index (χ1) is 9.10. The van der Waals surface area contributed by atoms with Crippen molar-refractivity contribution >= 4 is 15.9 Å². The Morgan fingerprint density at radius 2 is 1.74 bits per heavy atom. The molecule has 1 aromatic carbocycles. The van der Waals surface area contributed by atoms with Gasteiger partial charge < -0.3 is 10.4 Å². The van der Waals surface area contributed by atoms with Crippen LogP contribution < -0.4 is 5.32 Å². The van der Waals surface area contributed by atoms with Crippen molar-refractivity contribution in [1.82, 2.24) is 5.32 Å². The smallest absolute Gasteiger partial charge is 0.0499 e. The van der Waals surface area contributed by atoms with Gasteiger partial charge in [-0.3, -0.25) is 0 Å². The van der Waals surface area contributed by atoms with Gasteiger partial charge in [-0.25, -0.2) is 0 Å². The fourth-order valence-corrected chi connectivity index (χ4v) is 2.58. The van der Waals surface area contributed by atoms with E-state index in [1.54, 1.807) is 0 Å². The average molecular weight is 328 g/mol. The maximum atomic E-state index is 9.62. The molecule has 2 nitrogen and oxygen atoms in total. The molecule has 1 rings (SSSR count). The molecule has 0 aliphatic carbocycles. The summed E-state index contributed by atoms with van der Waals surface area (Å²) < 4.78 is 1.11. The molecule has 0 aromatic heterocycles. The Hall–Kier alpha value is -0.380. The summed E-state index contributed by atoms with van der Waals surface area (Å²) in [5, 5.41) is 13.2. The summed E-state index contributed by atoms with van der Waals surface area (Å²) in [5.41, 5.74) is 1.33. The molecule has 1 aromatic rings. The first kappa shape index (κ1) is 16.7. The third-order valence-electron chi connectivity index (χ3n) is 4.24. The Labute approximate surface area is 125 Å². The minimum Gasteiger partial charge on any atom is -0.396 e. The first-order valence-corrected chi connectivity index (χ1v) is 7.99. The van der Waals surface area contributed by atoms with Crippen molar-refractivity contribution in [3.8, 4) is 0 Å². The summed E-state index contributed by atoms with van der Waals surface area (Å²) in [4.78, 5) is 0. The molecule has 108 valence electrons. The van der Waals surface area contributed by atoms with Crippen LogP contribution in [0.1, 0.15) is 51.6 Å². The van der Waals surface area contributed by atoms with E-state index in [2.05, 4.69) is 66.3 Å². The van der Waals surface area contributed by atoms with Crippen molar-refractivity contribution in [1.29, 1.82) is 0 Å². The van der Waals surface area contributed by atoms with Crippen LogP contribution in [0.25, 0.3) is 0 Å². The van der Waals surface area contributed by atoms with Gasteiger partial charge in [0.2, 0.25) is 0 Å². The number of rotatable bonds is 8. The predicted molar refractivity (Wildman–Crippen MR) is 85.3 cm³/mol. The van der Waals surface area contributed by atoms with Crippen LogP contribution in [0.4, 0.5) is 0 Å². The lowest BCUT2D eigenvalue weighted by atomic mass is 9.83. The SMILES string of the molecule is CCC(NCC(CC)(CC)CO)c1ccc(Br)cc1. The third-order valence-corrected chi connectivity index (χ3v) is 4.77. The molecule has 0 amide bonds. The first-order valence-electron chi connectivity index (χ1n) is 7.20.